The third kappa shape index (κ3) is 2.96. The van der Waals surface area contributed by atoms with Gasteiger partial charge in [-0.25, -0.2) is 0 Å². The maximum absolute atomic E-state index is 12.9. The molecule has 2 aromatic carbocycles. The van der Waals surface area contributed by atoms with Crippen LogP contribution in [0.2, 0.25) is 0 Å². The summed E-state index contributed by atoms with van der Waals surface area (Å²) in [6.45, 7) is 1.37. The lowest BCUT2D eigenvalue weighted by Crippen LogP contribution is -2.39. The van der Waals surface area contributed by atoms with Crippen LogP contribution in [0.5, 0.6) is 17.2 Å². The lowest BCUT2D eigenvalue weighted by atomic mass is 10.0. The normalized spacial score (nSPS) is 20.6. The molecule has 0 saturated heterocycles. The lowest BCUT2D eigenvalue weighted by molar-refractivity contribution is 0.0567. The number of allylic oxidation sites excluding steroid dienone is 1. The molecule has 0 atom stereocenters. The number of methoxy groups -OCH3 is 1. The van der Waals surface area contributed by atoms with Crippen LogP contribution in [0, 0.1) is 0 Å². The van der Waals surface area contributed by atoms with Gasteiger partial charge in [0.25, 0.3) is 0 Å². The van der Waals surface area contributed by atoms with Gasteiger partial charge in [0.05, 0.1) is 18.2 Å². The van der Waals surface area contributed by atoms with Crippen molar-refractivity contribution in [2.24, 2.45) is 0 Å². The topological polar surface area (TPSA) is 48.0 Å². The Bertz CT molecular complexity index is 959. The van der Waals surface area contributed by atoms with Gasteiger partial charge in [-0.15, -0.1) is 0 Å². The van der Waals surface area contributed by atoms with Crippen molar-refractivity contribution >= 4 is 11.9 Å². The molecule has 0 radical (unpaired) electrons. The molecule has 0 spiro atoms. The van der Waals surface area contributed by atoms with Crippen molar-refractivity contribution in [2.45, 2.75) is 38.3 Å². The maximum atomic E-state index is 12.9. The van der Waals surface area contributed by atoms with Crippen LogP contribution >= 0.6 is 0 Å². The number of Topliss-reactive ketones (excluding diaryl/α,β-unsaturated/α-hetero) is 1. The molecule has 0 aromatic heterocycles. The Labute approximate surface area is 164 Å². The molecule has 1 aliphatic carbocycles. The van der Waals surface area contributed by atoms with Crippen LogP contribution in [0.15, 0.2) is 42.2 Å². The molecule has 0 bridgehead atoms. The van der Waals surface area contributed by atoms with Crippen LogP contribution in [-0.4, -0.2) is 30.6 Å². The SMILES string of the molecule is COc1cccc(/C=C2\Oc3c(ccc4c3CN(C3CCCC3)CO4)C2=O)c1. The van der Waals surface area contributed by atoms with Gasteiger partial charge in [0.1, 0.15) is 24.0 Å². The molecule has 28 heavy (non-hydrogen) atoms. The number of hydrogen-bond acceptors (Lipinski definition) is 5. The van der Waals surface area contributed by atoms with Gasteiger partial charge < -0.3 is 14.2 Å². The van der Waals surface area contributed by atoms with Gasteiger partial charge in [-0.2, -0.15) is 0 Å². The van der Waals surface area contributed by atoms with E-state index >= 15 is 0 Å². The summed E-state index contributed by atoms with van der Waals surface area (Å²) in [5.41, 5.74) is 2.47. The fraction of sp³-hybridized carbons (Fsp3) is 0.348. The highest BCUT2D eigenvalue weighted by Crippen LogP contribution is 2.43. The van der Waals surface area contributed by atoms with Crippen LogP contribution < -0.4 is 14.2 Å². The van der Waals surface area contributed by atoms with Gasteiger partial charge in [-0.3, -0.25) is 9.69 Å². The second kappa shape index (κ2) is 6.99. The molecule has 1 saturated carbocycles. The van der Waals surface area contributed by atoms with Crippen LogP contribution in [-0.2, 0) is 6.54 Å². The van der Waals surface area contributed by atoms with E-state index in [-0.39, 0.29) is 5.78 Å². The molecule has 3 aliphatic rings. The second-order valence-corrected chi connectivity index (χ2v) is 7.59. The van der Waals surface area contributed by atoms with Crippen molar-refractivity contribution in [2.75, 3.05) is 13.8 Å². The Morgan fingerprint density at radius 2 is 2.04 bits per heavy atom. The number of nitrogens with zero attached hydrogens (tertiary/aromatic N) is 1. The zero-order chi connectivity index (χ0) is 19.1. The number of rotatable bonds is 3. The molecule has 5 nitrogen and oxygen atoms in total. The van der Waals surface area contributed by atoms with E-state index in [4.69, 9.17) is 14.2 Å². The van der Waals surface area contributed by atoms with Crippen molar-refractivity contribution in [3.8, 4) is 17.2 Å². The molecule has 0 unspecified atom stereocenters. The number of benzene rings is 2. The number of carbonyl (C=O) groups is 1. The Kier molecular flexibility index (Phi) is 4.32. The molecule has 2 heterocycles. The predicted octanol–water partition coefficient (Wildman–Crippen LogP) is 4.41. The van der Waals surface area contributed by atoms with Crippen molar-refractivity contribution in [3.63, 3.8) is 0 Å². The minimum Gasteiger partial charge on any atom is -0.497 e. The van der Waals surface area contributed by atoms with Gasteiger partial charge in [0.15, 0.2) is 5.76 Å². The van der Waals surface area contributed by atoms with Crippen molar-refractivity contribution < 1.29 is 19.0 Å². The monoisotopic (exact) mass is 377 g/mol. The van der Waals surface area contributed by atoms with Gasteiger partial charge in [-0.05, 0) is 48.7 Å². The summed E-state index contributed by atoms with van der Waals surface area (Å²) in [4.78, 5) is 15.3. The van der Waals surface area contributed by atoms with Crippen LogP contribution in [0.25, 0.3) is 6.08 Å². The first-order valence-electron chi connectivity index (χ1n) is 9.84. The van der Waals surface area contributed by atoms with Gasteiger partial charge >= 0.3 is 0 Å². The first-order valence-corrected chi connectivity index (χ1v) is 9.84. The Morgan fingerprint density at radius 1 is 1.18 bits per heavy atom. The standard InChI is InChI=1S/C23H23NO4/c1-26-17-8-4-5-15(11-17)12-21-22(25)18-9-10-20-19(23(18)28-21)13-24(14-27-20)16-6-2-3-7-16/h4-5,8-12,16H,2-3,6-7,13-14H2,1H3/b21-12-. The molecule has 1 fully saturated rings. The van der Waals surface area contributed by atoms with E-state index in [0.717, 1.165) is 29.2 Å². The van der Waals surface area contributed by atoms with E-state index in [1.165, 1.54) is 25.7 Å². The molecular weight excluding hydrogens is 354 g/mol. The van der Waals surface area contributed by atoms with E-state index in [2.05, 4.69) is 4.90 Å². The summed E-state index contributed by atoms with van der Waals surface area (Å²) in [5.74, 6) is 2.48. The molecule has 5 rings (SSSR count). The molecule has 5 heteroatoms. The summed E-state index contributed by atoms with van der Waals surface area (Å²) in [5, 5.41) is 0. The van der Waals surface area contributed by atoms with Gasteiger partial charge in [0, 0.05) is 12.6 Å². The summed E-state index contributed by atoms with van der Waals surface area (Å²) < 4.78 is 17.3. The second-order valence-electron chi connectivity index (χ2n) is 7.59. The van der Waals surface area contributed by atoms with E-state index in [1.807, 2.05) is 36.4 Å². The highest BCUT2D eigenvalue weighted by Gasteiger charge is 2.35. The zero-order valence-electron chi connectivity index (χ0n) is 15.9. The van der Waals surface area contributed by atoms with Crippen molar-refractivity contribution in [1.82, 2.24) is 4.90 Å². The number of ketones is 1. The third-order valence-corrected chi connectivity index (χ3v) is 5.88. The first-order chi connectivity index (χ1) is 13.7. The number of carbonyl (C=O) groups excluding carboxylic acids is 1. The highest BCUT2D eigenvalue weighted by molar-refractivity contribution is 6.15. The molecule has 144 valence electrons. The summed E-state index contributed by atoms with van der Waals surface area (Å²) in [6, 6.07) is 11.9. The van der Waals surface area contributed by atoms with E-state index < -0.39 is 0 Å². The van der Waals surface area contributed by atoms with Crippen LogP contribution in [0.3, 0.4) is 0 Å². The Balaban J connectivity index is 1.46. The minimum absolute atomic E-state index is 0.0846. The van der Waals surface area contributed by atoms with Crippen molar-refractivity contribution in [3.05, 3.63) is 58.8 Å². The quantitative estimate of drug-likeness (QED) is 0.742. The largest absolute Gasteiger partial charge is 0.497 e. The van der Waals surface area contributed by atoms with Gasteiger partial charge in [-0.1, -0.05) is 25.0 Å². The number of ether oxygens (including phenoxy) is 3. The lowest BCUT2D eigenvalue weighted by Gasteiger charge is -2.33. The molecule has 2 aromatic rings. The average Bonchev–Trinajstić information content (AvgIpc) is 3.37. The van der Waals surface area contributed by atoms with Gasteiger partial charge in [0.2, 0.25) is 5.78 Å². The highest BCUT2D eigenvalue weighted by atomic mass is 16.5. The predicted molar refractivity (Wildman–Crippen MR) is 106 cm³/mol. The average molecular weight is 377 g/mol. The number of fused-ring (bicyclic) bond motifs is 3. The fourth-order valence-electron chi connectivity index (χ4n) is 4.36. The van der Waals surface area contributed by atoms with Crippen molar-refractivity contribution in [1.29, 1.82) is 0 Å². The summed E-state index contributed by atoms with van der Waals surface area (Å²) >= 11 is 0. The molecule has 0 N–H and O–H groups in total. The Morgan fingerprint density at radius 3 is 2.86 bits per heavy atom. The van der Waals surface area contributed by atoms with Crippen LogP contribution in [0.1, 0.15) is 47.2 Å². The fourth-order valence-corrected chi connectivity index (χ4v) is 4.36. The molecule has 0 amide bonds. The first kappa shape index (κ1) is 17.3. The van der Waals surface area contributed by atoms with E-state index in [9.17, 15) is 4.79 Å². The Hall–Kier alpha value is -2.79. The summed E-state index contributed by atoms with van der Waals surface area (Å²) in [7, 11) is 1.63. The molecular formula is C23H23NO4. The summed E-state index contributed by atoms with van der Waals surface area (Å²) in [6.07, 6.45) is 6.77. The van der Waals surface area contributed by atoms with E-state index in [0.29, 0.717) is 29.8 Å². The zero-order valence-corrected chi connectivity index (χ0v) is 15.9. The minimum atomic E-state index is -0.0846. The maximum Gasteiger partial charge on any atom is 0.231 e. The number of hydrogen-bond donors (Lipinski definition) is 0. The smallest absolute Gasteiger partial charge is 0.231 e. The van der Waals surface area contributed by atoms with Crippen LogP contribution in [0.4, 0.5) is 0 Å². The van der Waals surface area contributed by atoms with E-state index in [1.54, 1.807) is 13.2 Å². The molecule has 2 aliphatic heterocycles. The third-order valence-electron chi connectivity index (χ3n) is 5.88.